The molecule has 4 atom stereocenters. The largest absolute Gasteiger partial charge is 0.480 e. The third-order valence-corrected chi connectivity index (χ3v) is 5.53. The Labute approximate surface area is 191 Å². The second-order valence-electron chi connectivity index (χ2n) is 8.00. The molecule has 1 fully saturated rings. The SMILES string of the molecule is NCCCCC(NC(=O)C(N)Cc1cnc[nH]1)C(=O)NC(CO)C(=O)N1CCCC1C(=O)O. The monoisotopic (exact) mass is 467 g/mol. The smallest absolute Gasteiger partial charge is 0.326 e. The maximum Gasteiger partial charge on any atom is 0.326 e. The summed E-state index contributed by atoms with van der Waals surface area (Å²) in [6.07, 6.45) is 5.42. The van der Waals surface area contributed by atoms with Gasteiger partial charge in [-0.1, -0.05) is 0 Å². The van der Waals surface area contributed by atoms with Crippen LogP contribution in [-0.4, -0.2) is 92.6 Å². The lowest BCUT2D eigenvalue weighted by molar-refractivity contribution is -0.150. The summed E-state index contributed by atoms with van der Waals surface area (Å²) in [6, 6.07) is -4.27. The molecule has 2 heterocycles. The van der Waals surface area contributed by atoms with E-state index in [1.54, 1.807) is 6.20 Å². The van der Waals surface area contributed by atoms with Crippen molar-refractivity contribution in [2.45, 2.75) is 62.7 Å². The van der Waals surface area contributed by atoms with Crippen molar-refractivity contribution in [1.82, 2.24) is 25.5 Å². The van der Waals surface area contributed by atoms with Crippen molar-refractivity contribution in [3.05, 3.63) is 18.2 Å². The van der Waals surface area contributed by atoms with Crippen molar-refractivity contribution in [3.63, 3.8) is 0 Å². The quantitative estimate of drug-likeness (QED) is 0.152. The molecule has 13 nitrogen and oxygen atoms in total. The lowest BCUT2D eigenvalue weighted by Gasteiger charge is -2.28. The van der Waals surface area contributed by atoms with Crippen molar-refractivity contribution in [2.75, 3.05) is 19.7 Å². The van der Waals surface area contributed by atoms with Crippen LogP contribution < -0.4 is 22.1 Å². The summed E-state index contributed by atoms with van der Waals surface area (Å²) in [7, 11) is 0. The van der Waals surface area contributed by atoms with Crippen LogP contribution in [0, 0.1) is 0 Å². The van der Waals surface area contributed by atoms with E-state index in [9.17, 15) is 29.4 Å². The summed E-state index contributed by atoms with van der Waals surface area (Å²) < 4.78 is 0. The van der Waals surface area contributed by atoms with Crippen LogP contribution in [0.15, 0.2) is 12.5 Å². The predicted octanol–water partition coefficient (Wildman–Crippen LogP) is -2.55. The van der Waals surface area contributed by atoms with Crippen LogP contribution in [-0.2, 0) is 25.6 Å². The van der Waals surface area contributed by atoms with Crippen molar-refractivity contribution in [2.24, 2.45) is 11.5 Å². The van der Waals surface area contributed by atoms with E-state index in [-0.39, 0.29) is 19.4 Å². The number of hydrogen-bond donors (Lipinski definition) is 7. The lowest BCUT2D eigenvalue weighted by Crippen LogP contribution is -2.58. The number of likely N-dealkylation sites (tertiary alicyclic amines) is 1. The van der Waals surface area contributed by atoms with Gasteiger partial charge in [0, 0.05) is 24.9 Å². The van der Waals surface area contributed by atoms with Crippen LogP contribution >= 0.6 is 0 Å². The number of aliphatic carboxylic acids is 1. The van der Waals surface area contributed by atoms with Gasteiger partial charge in [-0.3, -0.25) is 14.4 Å². The predicted molar refractivity (Wildman–Crippen MR) is 116 cm³/mol. The molecule has 1 aromatic heterocycles. The number of amides is 3. The fraction of sp³-hybridized carbons (Fsp3) is 0.650. The Morgan fingerprint density at radius 2 is 1.94 bits per heavy atom. The van der Waals surface area contributed by atoms with Gasteiger partial charge in [0.05, 0.1) is 19.0 Å². The lowest BCUT2D eigenvalue weighted by atomic mass is 10.1. The highest BCUT2D eigenvalue weighted by molar-refractivity contribution is 5.94. The normalized spacial score (nSPS) is 18.4. The average molecular weight is 468 g/mol. The molecule has 0 aliphatic carbocycles. The summed E-state index contributed by atoms with van der Waals surface area (Å²) >= 11 is 0. The molecule has 184 valence electrons. The Bertz CT molecular complexity index is 803. The molecule has 2 rings (SSSR count). The molecule has 9 N–H and O–H groups in total. The van der Waals surface area contributed by atoms with Crippen LogP contribution in [0.25, 0.3) is 0 Å². The summed E-state index contributed by atoms with van der Waals surface area (Å²) in [5.41, 5.74) is 12.1. The zero-order valence-electron chi connectivity index (χ0n) is 18.4. The fourth-order valence-corrected chi connectivity index (χ4v) is 3.71. The van der Waals surface area contributed by atoms with E-state index in [4.69, 9.17) is 11.5 Å². The number of unbranched alkanes of at least 4 members (excludes halogenated alkanes) is 1. The number of carbonyl (C=O) groups excluding carboxylic acids is 3. The van der Waals surface area contributed by atoms with Gasteiger partial charge in [-0.15, -0.1) is 0 Å². The van der Waals surface area contributed by atoms with Gasteiger partial charge in [0.2, 0.25) is 17.7 Å². The number of aromatic amines is 1. The third-order valence-electron chi connectivity index (χ3n) is 5.53. The molecule has 1 aliphatic rings. The molecule has 0 bridgehead atoms. The van der Waals surface area contributed by atoms with E-state index < -0.39 is 54.5 Å². The number of aliphatic hydroxyl groups is 1. The Kier molecular flexibility index (Phi) is 10.2. The van der Waals surface area contributed by atoms with Gasteiger partial charge in [0.1, 0.15) is 18.1 Å². The number of nitrogens with one attached hydrogen (secondary N) is 3. The van der Waals surface area contributed by atoms with Crippen molar-refractivity contribution in [3.8, 4) is 0 Å². The molecule has 4 unspecified atom stereocenters. The zero-order valence-corrected chi connectivity index (χ0v) is 18.4. The van der Waals surface area contributed by atoms with Gasteiger partial charge in [-0.25, -0.2) is 9.78 Å². The first-order valence-corrected chi connectivity index (χ1v) is 11.0. The third kappa shape index (κ3) is 7.51. The number of nitrogens with two attached hydrogens (primary N) is 2. The minimum Gasteiger partial charge on any atom is -0.480 e. The number of imidazole rings is 1. The molecule has 0 saturated carbocycles. The first-order valence-electron chi connectivity index (χ1n) is 11.0. The first kappa shape index (κ1) is 26.2. The second kappa shape index (κ2) is 12.9. The number of carbonyl (C=O) groups is 4. The van der Waals surface area contributed by atoms with E-state index in [2.05, 4.69) is 20.6 Å². The van der Waals surface area contributed by atoms with Gasteiger partial charge in [0.15, 0.2) is 0 Å². The maximum absolute atomic E-state index is 12.9. The van der Waals surface area contributed by atoms with Crippen LogP contribution in [0.1, 0.15) is 37.8 Å². The van der Waals surface area contributed by atoms with Gasteiger partial charge < -0.3 is 42.2 Å². The molecule has 0 aromatic carbocycles. The summed E-state index contributed by atoms with van der Waals surface area (Å²) in [5.74, 6) is -3.05. The second-order valence-corrected chi connectivity index (χ2v) is 8.00. The number of H-pyrrole nitrogens is 1. The molecular weight excluding hydrogens is 434 g/mol. The van der Waals surface area contributed by atoms with Crippen molar-refractivity contribution < 1.29 is 29.4 Å². The minimum atomic E-state index is -1.33. The van der Waals surface area contributed by atoms with Crippen molar-refractivity contribution >= 4 is 23.7 Å². The highest BCUT2D eigenvalue weighted by Crippen LogP contribution is 2.18. The number of aromatic nitrogens is 2. The van der Waals surface area contributed by atoms with E-state index in [0.717, 1.165) is 4.90 Å². The minimum absolute atomic E-state index is 0.187. The first-order chi connectivity index (χ1) is 15.8. The van der Waals surface area contributed by atoms with Gasteiger partial charge in [0.25, 0.3) is 0 Å². The Morgan fingerprint density at radius 3 is 2.55 bits per heavy atom. The summed E-state index contributed by atoms with van der Waals surface area (Å²) in [6.45, 7) is -0.0809. The van der Waals surface area contributed by atoms with Crippen LogP contribution in [0.2, 0.25) is 0 Å². The van der Waals surface area contributed by atoms with Gasteiger partial charge in [-0.2, -0.15) is 0 Å². The standard InChI is InChI=1S/C20H33N7O6/c21-6-2-1-4-14(25-17(29)13(22)8-12-9-23-11-24-12)18(30)26-15(10-28)19(31)27-7-3-5-16(27)20(32)33/h9,11,13-16,28H,1-8,10,21-22H2,(H,23,24)(H,25,29)(H,26,30)(H,32,33). The summed E-state index contributed by atoms with van der Waals surface area (Å²) in [5, 5.41) is 24.0. The molecule has 33 heavy (non-hydrogen) atoms. The molecule has 0 spiro atoms. The molecule has 13 heteroatoms. The van der Waals surface area contributed by atoms with E-state index in [0.29, 0.717) is 37.9 Å². The topological polar surface area (TPSA) is 217 Å². The molecule has 3 amide bonds. The number of nitrogens with zero attached hydrogens (tertiary/aromatic N) is 2. The molecule has 1 aliphatic heterocycles. The Morgan fingerprint density at radius 1 is 1.21 bits per heavy atom. The Balaban J connectivity index is 2.03. The molecule has 0 radical (unpaired) electrons. The number of rotatable bonds is 13. The number of aliphatic hydroxyl groups excluding tert-OH is 1. The van der Waals surface area contributed by atoms with E-state index in [1.165, 1.54) is 6.33 Å². The van der Waals surface area contributed by atoms with E-state index in [1.807, 2.05) is 0 Å². The van der Waals surface area contributed by atoms with Crippen LogP contribution in [0.4, 0.5) is 0 Å². The highest BCUT2D eigenvalue weighted by atomic mass is 16.4. The van der Waals surface area contributed by atoms with Crippen LogP contribution in [0.3, 0.4) is 0 Å². The number of carboxylic acid groups (broad SMARTS) is 1. The van der Waals surface area contributed by atoms with Gasteiger partial charge >= 0.3 is 5.97 Å². The van der Waals surface area contributed by atoms with Crippen LogP contribution in [0.5, 0.6) is 0 Å². The highest BCUT2D eigenvalue weighted by Gasteiger charge is 2.38. The van der Waals surface area contributed by atoms with E-state index >= 15 is 0 Å². The molecule has 1 aromatic rings. The average Bonchev–Trinajstić information content (AvgIpc) is 3.48. The maximum atomic E-state index is 12.9. The molecule has 1 saturated heterocycles. The molecular formula is C20H33N7O6. The van der Waals surface area contributed by atoms with Crippen molar-refractivity contribution in [1.29, 1.82) is 0 Å². The Hall–Kier alpha value is -3.03. The van der Waals surface area contributed by atoms with Gasteiger partial charge in [-0.05, 0) is 38.6 Å². The number of carboxylic acids is 1. The number of hydrogen-bond acceptors (Lipinski definition) is 8. The fourth-order valence-electron chi connectivity index (χ4n) is 3.71. The zero-order chi connectivity index (χ0) is 24.4. The summed E-state index contributed by atoms with van der Waals surface area (Å²) in [4.78, 5) is 57.5.